The summed E-state index contributed by atoms with van der Waals surface area (Å²) in [5.74, 6) is -0.961. The molecule has 0 saturated carbocycles. The quantitative estimate of drug-likeness (QED) is 0.584. The minimum Gasteiger partial charge on any atom is -0.454 e. The van der Waals surface area contributed by atoms with Crippen LogP contribution in [0.15, 0.2) is 48.5 Å². The summed E-state index contributed by atoms with van der Waals surface area (Å²) < 4.78 is 57.3. The van der Waals surface area contributed by atoms with Crippen molar-refractivity contribution in [2.75, 3.05) is 17.6 Å². The molecule has 0 saturated heterocycles. The number of para-hydroxylation sites is 3. The predicted octanol–water partition coefficient (Wildman–Crippen LogP) is 3.18. The van der Waals surface area contributed by atoms with E-state index in [2.05, 4.69) is 4.98 Å². The van der Waals surface area contributed by atoms with Crippen LogP contribution in [0.1, 0.15) is 22.7 Å². The van der Waals surface area contributed by atoms with Crippen molar-refractivity contribution in [3.63, 3.8) is 0 Å². The number of anilines is 1. The standard InChI is InChI=1S/C18H17F2N3O4S/c1-22(28(2,25)26)14-9-5-3-7-12(14)17(24)27-11-16-21-13-8-4-6-10-15(13)23(16)18(19)20/h3-10,18H,11H2,1-2H3. The molecule has 0 unspecified atom stereocenters. The van der Waals surface area contributed by atoms with Gasteiger partial charge in [-0.2, -0.15) is 8.78 Å². The first-order chi connectivity index (χ1) is 13.2. The van der Waals surface area contributed by atoms with Crippen LogP contribution in [0.25, 0.3) is 11.0 Å². The van der Waals surface area contributed by atoms with E-state index >= 15 is 0 Å². The molecule has 0 fully saturated rings. The molecule has 1 aromatic heterocycles. The maximum Gasteiger partial charge on any atom is 0.340 e. The smallest absolute Gasteiger partial charge is 0.340 e. The predicted molar refractivity (Wildman–Crippen MR) is 99.8 cm³/mol. The lowest BCUT2D eigenvalue weighted by Gasteiger charge is -2.19. The summed E-state index contributed by atoms with van der Waals surface area (Å²) in [5, 5.41) is 0. The molecule has 10 heteroatoms. The van der Waals surface area contributed by atoms with Crippen LogP contribution in [0.3, 0.4) is 0 Å². The number of imidazole rings is 1. The summed E-state index contributed by atoms with van der Waals surface area (Å²) in [7, 11) is -2.30. The Bertz CT molecular complexity index is 1130. The van der Waals surface area contributed by atoms with Gasteiger partial charge in [0.15, 0.2) is 5.82 Å². The number of rotatable bonds is 6. The Morgan fingerprint density at radius 3 is 2.50 bits per heavy atom. The Hall–Kier alpha value is -3.01. The average Bonchev–Trinajstić information content (AvgIpc) is 3.03. The minimum atomic E-state index is -3.60. The molecule has 0 radical (unpaired) electrons. The molecule has 148 valence electrons. The van der Waals surface area contributed by atoms with E-state index in [0.717, 1.165) is 10.6 Å². The normalized spacial score (nSPS) is 11.8. The van der Waals surface area contributed by atoms with Crippen molar-refractivity contribution in [2.24, 2.45) is 0 Å². The van der Waals surface area contributed by atoms with Crippen LogP contribution in [0.2, 0.25) is 0 Å². The number of sulfonamides is 1. The van der Waals surface area contributed by atoms with Gasteiger partial charge >= 0.3 is 12.5 Å². The van der Waals surface area contributed by atoms with Crippen molar-refractivity contribution in [3.8, 4) is 0 Å². The van der Waals surface area contributed by atoms with Gasteiger partial charge in [-0.15, -0.1) is 0 Å². The Balaban J connectivity index is 1.88. The Labute approximate surface area is 160 Å². The lowest BCUT2D eigenvalue weighted by molar-refractivity contribution is 0.0388. The molecule has 7 nitrogen and oxygen atoms in total. The number of nitrogens with zero attached hydrogens (tertiary/aromatic N) is 3. The van der Waals surface area contributed by atoms with Crippen LogP contribution in [0.5, 0.6) is 0 Å². The average molecular weight is 409 g/mol. The Morgan fingerprint density at radius 1 is 1.18 bits per heavy atom. The van der Waals surface area contributed by atoms with Gasteiger partial charge in [0, 0.05) is 7.05 Å². The van der Waals surface area contributed by atoms with E-state index in [1.807, 2.05) is 0 Å². The number of alkyl halides is 2. The molecule has 0 spiro atoms. The first kappa shape index (κ1) is 19.7. The number of benzene rings is 2. The molecule has 0 bridgehead atoms. The first-order valence-electron chi connectivity index (χ1n) is 8.14. The number of halogens is 2. The van der Waals surface area contributed by atoms with Gasteiger partial charge in [-0.3, -0.25) is 8.87 Å². The fourth-order valence-corrected chi connectivity index (χ4v) is 3.24. The highest BCUT2D eigenvalue weighted by Gasteiger charge is 2.22. The summed E-state index contributed by atoms with van der Waals surface area (Å²) in [6, 6.07) is 12.3. The molecule has 3 rings (SSSR count). The third kappa shape index (κ3) is 3.81. The van der Waals surface area contributed by atoms with Crippen LogP contribution in [0, 0.1) is 0 Å². The van der Waals surface area contributed by atoms with Crippen LogP contribution in [-0.4, -0.2) is 37.2 Å². The van der Waals surface area contributed by atoms with Crippen LogP contribution < -0.4 is 4.31 Å². The summed E-state index contributed by atoms with van der Waals surface area (Å²) in [4.78, 5) is 16.6. The van der Waals surface area contributed by atoms with Gasteiger partial charge in [-0.05, 0) is 24.3 Å². The van der Waals surface area contributed by atoms with Gasteiger partial charge in [0.25, 0.3) is 0 Å². The largest absolute Gasteiger partial charge is 0.454 e. The zero-order chi connectivity index (χ0) is 20.5. The molecule has 28 heavy (non-hydrogen) atoms. The number of hydrogen-bond acceptors (Lipinski definition) is 5. The van der Waals surface area contributed by atoms with Gasteiger partial charge in [0.2, 0.25) is 10.0 Å². The topological polar surface area (TPSA) is 81.5 Å². The Kier molecular flexibility index (Phi) is 5.32. The molecular weight excluding hydrogens is 392 g/mol. The molecule has 1 heterocycles. The number of fused-ring (bicyclic) bond motifs is 1. The van der Waals surface area contributed by atoms with Crippen molar-refractivity contribution >= 4 is 32.7 Å². The lowest BCUT2D eigenvalue weighted by atomic mass is 10.2. The number of ether oxygens (including phenoxy) is 1. The van der Waals surface area contributed by atoms with Crippen molar-refractivity contribution in [3.05, 3.63) is 59.9 Å². The van der Waals surface area contributed by atoms with E-state index in [-0.39, 0.29) is 22.6 Å². The molecule has 0 N–H and O–H groups in total. The number of hydrogen-bond donors (Lipinski definition) is 0. The maximum absolute atomic E-state index is 13.4. The molecule has 2 aromatic carbocycles. The molecule has 0 aliphatic rings. The van der Waals surface area contributed by atoms with Crippen molar-refractivity contribution < 1.29 is 26.7 Å². The van der Waals surface area contributed by atoms with Gasteiger partial charge in [-0.25, -0.2) is 18.2 Å². The number of aromatic nitrogens is 2. The minimum absolute atomic E-state index is 0.00451. The maximum atomic E-state index is 13.4. The van der Waals surface area contributed by atoms with Crippen molar-refractivity contribution in [2.45, 2.75) is 13.2 Å². The zero-order valence-corrected chi connectivity index (χ0v) is 15.9. The summed E-state index contributed by atoms with van der Waals surface area (Å²) in [6.07, 6.45) is 1.00. The molecule has 0 atom stereocenters. The van der Waals surface area contributed by atoms with E-state index in [9.17, 15) is 22.0 Å². The number of carbonyl (C=O) groups is 1. The fraction of sp³-hybridized carbons (Fsp3) is 0.222. The number of esters is 1. The summed E-state index contributed by atoms with van der Waals surface area (Å²) in [6.45, 7) is -3.35. The second kappa shape index (κ2) is 7.55. The Morgan fingerprint density at radius 2 is 1.82 bits per heavy atom. The van der Waals surface area contributed by atoms with Gasteiger partial charge in [0.05, 0.1) is 28.5 Å². The fourth-order valence-electron chi connectivity index (χ4n) is 2.72. The SMILES string of the molecule is CN(c1ccccc1C(=O)OCc1nc2ccccc2n1C(F)F)S(C)(=O)=O. The highest BCUT2D eigenvalue weighted by Crippen LogP contribution is 2.25. The second-order valence-electron chi connectivity index (χ2n) is 5.99. The van der Waals surface area contributed by atoms with Crippen LogP contribution in [0.4, 0.5) is 14.5 Å². The molecular formula is C18H17F2N3O4S. The highest BCUT2D eigenvalue weighted by molar-refractivity contribution is 7.92. The van der Waals surface area contributed by atoms with Crippen LogP contribution in [-0.2, 0) is 21.4 Å². The van der Waals surface area contributed by atoms with Crippen molar-refractivity contribution in [1.29, 1.82) is 0 Å². The van der Waals surface area contributed by atoms with E-state index in [0.29, 0.717) is 10.1 Å². The molecule has 0 aliphatic heterocycles. The lowest BCUT2D eigenvalue weighted by Crippen LogP contribution is -2.27. The first-order valence-corrected chi connectivity index (χ1v) is 9.99. The summed E-state index contributed by atoms with van der Waals surface area (Å²) in [5.41, 5.74) is 0.694. The van der Waals surface area contributed by atoms with E-state index in [1.165, 1.54) is 25.2 Å². The van der Waals surface area contributed by atoms with Gasteiger partial charge in [0.1, 0.15) is 6.61 Å². The second-order valence-corrected chi connectivity index (χ2v) is 8.00. The van der Waals surface area contributed by atoms with E-state index in [4.69, 9.17) is 4.74 Å². The van der Waals surface area contributed by atoms with E-state index in [1.54, 1.807) is 30.3 Å². The van der Waals surface area contributed by atoms with Gasteiger partial charge < -0.3 is 4.74 Å². The van der Waals surface area contributed by atoms with Gasteiger partial charge in [-0.1, -0.05) is 24.3 Å². The monoisotopic (exact) mass is 409 g/mol. The molecule has 0 amide bonds. The zero-order valence-electron chi connectivity index (χ0n) is 15.0. The van der Waals surface area contributed by atoms with Crippen LogP contribution >= 0.6 is 0 Å². The molecule has 0 aliphatic carbocycles. The third-order valence-corrected chi connectivity index (χ3v) is 5.35. The third-order valence-electron chi connectivity index (χ3n) is 4.16. The molecule has 3 aromatic rings. The van der Waals surface area contributed by atoms with E-state index < -0.39 is 29.1 Å². The highest BCUT2D eigenvalue weighted by atomic mass is 32.2. The van der Waals surface area contributed by atoms with Crippen molar-refractivity contribution in [1.82, 2.24) is 9.55 Å². The summed E-state index contributed by atoms with van der Waals surface area (Å²) >= 11 is 0. The number of carbonyl (C=O) groups excluding carboxylic acids is 1.